The third-order valence-corrected chi connectivity index (χ3v) is 5.54. The van der Waals surface area contributed by atoms with Crippen LogP contribution in [0.3, 0.4) is 0 Å². The number of carbonyl (C=O) groups is 2. The quantitative estimate of drug-likeness (QED) is 0.347. The summed E-state index contributed by atoms with van der Waals surface area (Å²) in [5.41, 5.74) is -0.699. The first-order chi connectivity index (χ1) is 15.3. The first kappa shape index (κ1) is 21.2. The minimum atomic E-state index is -2.07. The number of fused-ring (bicyclic) bond motifs is 1. The first-order valence-electron chi connectivity index (χ1n) is 9.88. The average molecular weight is 432 g/mol. The van der Waals surface area contributed by atoms with E-state index in [2.05, 4.69) is 0 Å². The molecule has 1 aliphatic rings. The van der Waals surface area contributed by atoms with Crippen LogP contribution in [0.15, 0.2) is 72.8 Å². The molecule has 0 aromatic heterocycles. The predicted octanol–water partition coefficient (Wildman–Crippen LogP) is 3.61. The molecule has 1 unspecified atom stereocenters. The van der Waals surface area contributed by atoms with Crippen molar-refractivity contribution >= 4 is 23.1 Å². The molecule has 0 radical (unpaired) electrons. The lowest BCUT2D eigenvalue weighted by Gasteiger charge is -2.23. The number of Topliss-reactive ketones (excluding diaryl/α,β-unsaturated/α-hetero) is 1. The maximum absolute atomic E-state index is 13.3. The van der Waals surface area contributed by atoms with E-state index >= 15 is 0 Å². The number of aliphatic hydroxyl groups is 1. The molecule has 32 heavy (non-hydrogen) atoms. The van der Waals surface area contributed by atoms with E-state index in [0.29, 0.717) is 11.3 Å². The number of nitro benzene ring substituents is 1. The minimum Gasteiger partial charge on any atom is -0.490 e. The number of ether oxygens (including phenoxy) is 1. The van der Waals surface area contributed by atoms with Crippen molar-refractivity contribution in [2.75, 3.05) is 12.0 Å². The summed E-state index contributed by atoms with van der Waals surface area (Å²) in [5.74, 6) is -1.19. The van der Waals surface area contributed by atoms with Crippen molar-refractivity contribution in [1.29, 1.82) is 0 Å². The van der Waals surface area contributed by atoms with Crippen molar-refractivity contribution in [1.82, 2.24) is 0 Å². The second-order valence-corrected chi connectivity index (χ2v) is 7.50. The highest BCUT2D eigenvalue weighted by Gasteiger charge is 2.50. The van der Waals surface area contributed by atoms with Gasteiger partial charge in [0.2, 0.25) is 0 Å². The van der Waals surface area contributed by atoms with Gasteiger partial charge in [-0.2, -0.15) is 0 Å². The van der Waals surface area contributed by atoms with Crippen LogP contribution in [0, 0.1) is 10.1 Å². The van der Waals surface area contributed by atoms with E-state index in [-0.39, 0.29) is 23.5 Å². The monoisotopic (exact) mass is 432 g/mol. The third kappa shape index (κ3) is 3.61. The van der Waals surface area contributed by atoms with Crippen LogP contribution in [0.4, 0.5) is 11.4 Å². The van der Waals surface area contributed by atoms with E-state index in [1.165, 1.54) is 24.1 Å². The second-order valence-electron chi connectivity index (χ2n) is 7.50. The van der Waals surface area contributed by atoms with Crippen LogP contribution in [-0.4, -0.2) is 28.8 Å². The van der Waals surface area contributed by atoms with E-state index in [1.807, 2.05) is 30.3 Å². The van der Waals surface area contributed by atoms with E-state index < -0.39 is 28.6 Å². The minimum absolute atomic E-state index is 0.0118. The fourth-order valence-corrected chi connectivity index (χ4v) is 3.94. The molecule has 1 aliphatic heterocycles. The van der Waals surface area contributed by atoms with Gasteiger partial charge < -0.3 is 14.7 Å². The van der Waals surface area contributed by atoms with Crippen LogP contribution in [0.5, 0.6) is 5.75 Å². The fourth-order valence-electron chi connectivity index (χ4n) is 3.94. The summed E-state index contributed by atoms with van der Waals surface area (Å²) in [6.45, 7) is 0.237. The zero-order valence-corrected chi connectivity index (χ0v) is 17.2. The van der Waals surface area contributed by atoms with E-state index in [1.54, 1.807) is 24.3 Å². The summed E-state index contributed by atoms with van der Waals surface area (Å²) in [4.78, 5) is 38.4. The number of methoxy groups -OCH3 is 1. The molecule has 1 atom stereocenters. The summed E-state index contributed by atoms with van der Waals surface area (Å²) in [6, 6.07) is 19.9. The molecule has 162 valence electrons. The number of benzene rings is 3. The Labute approximate surface area is 183 Å². The number of nitrogens with zero attached hydrogens (tertiary/aromatic N) is 2. The number of anilines is 1. The highest BCUT2D eigenvalue weighted by atomic mass is 16.6. The molecular weight excluding hydrogens is 412 g/mol. The fraction of sp³-hybridized carbons (Fsp3) is 0.167. The number of amides is 1. The van der Waals surface area contributed by atoms with Gasteiger partial charge in [-0.25, -0.2) is 0 Å². The van der Waals surface area contributed by atoms with Crippen LogP contribution in [0.25, 0.3) is 0 Å². The van der Waals surface area contributed by atoms with Gasteiger partial charge in [0.05, 0.1) is 30.7 Å². The Morgan fingerprint density at radius 2 is 1.78 bits per heavy atom. The van der Waals surface area contributed by atoms with Crippen molar-refractivity contribution < 1.29 is 24.4 Å². The van der Waals surface area contributed by atoms with Crippen molar-refractivity contribution in [3.05, 3.63) is 99.6 Å². The molecule has 8 nitrogen and oxygen atoms in total. The topological polar surface area (TPSA) is 110 Å². The summed E-state index contributed by atoms with van der Waals surface area (Å²) >= 11 is 0. The van der Waals surface area contributed by atoms with E-state index in [9.17, 15) is 24.8 Å². The van der Waals surface area contributed by atoms with Crippen LogP contribution in [0.2, 0.25) is 0 Å². The Bertz CT molecular complexity index is 1210. The number of carbonyl (C=O) groups excluding carboxylic acids is 2. The van der Waals surface area contributed by atoms with Crippen molar-refractivity contribution in [2.24, 2.45) is 0 Å². The predicted molar refractivity (Wildman–Crippen MR) is 117 cm³/mol. The Balaban J connectivity index is 1.67. The molecular formula is C24H20N2O6. The molecule has 0 saturated carbocycles. The number of hydrogen-bond donors (Lipinski definition) is 1. The maximum Gasteiger partial charge on any atom is 0.311 e. The highest BCUT2D eigenvalue weighted by Crippen LogP contribution is 2.43. The molecule has 1 amide bonds. The van der Waals surface area contributed by atoms with Gasteiger partial charge in [0.15, 0.2) is 17.1 Å². The lowest BCUT2D eigenvalue weighted by molar-refractivity contribution is -0.385. The summed E-state index contributed by atoms with van der Waals surface area (Å²) < 4.78 is 4.97. The zero-order chi connectivity index (χ0) is 22.9. The van der Waals surface area contributed by atoms with Crippen molar-refractivity contribution in [3.63, 3.8) is 0 Å². The number of ketones is 1. The Morgan fingerprint density at radius 1 is 1.09 bits per heavy atom. The number of nitro groups is 1. The standard InChI is InChI=1S/C24H20N2O6/c1-32-22-12-11-17(13-20(22)26(30)31)21(27)14-24(29)18-9-5-6-10-19(18)25(23(24)28)15-16-7-3-2-4-8-16/h2-13,29H,14-15H2,1H3. The lowest BCUT2D eigenvalue weighted by Crippen LogP contribution is -2.41. The molecule has 8 heteroatoms. The van der Waals surface area contributed by atoms with Crippen LogP contribution < -0.4 is 9.64 Å². The smallest absolute Gasteiger partial charge is 0.311 e. The first-order valence-corrected chi connectivity index (χ1v) is 9.88. The molecule has 0 saturated heterocycles. The van der Waals surface area contributed by atoms with Crippen LogP contribution in [-0.2, 0) is 16.9 Å². The number of hydrogen-bond acceptors (Lipinski definition) is 6. The highest BCUT2D eigenvalue weighted by molar-refractivity contribution is 6.10. The molecule has 1 heterocycles. The Morgan fingerprint density at radius 3 is 2.47 bits per heavy atom. The van der Waals surface area contributed by atoms with Crippen LogP contribution in [0.1, 0.15) is 27.9 Å². The molecule has 0 fully saturated rings. The normalized spacial score (nSPS) is 17.2. The molecule has 1 N–H and O–H groups in total. The van der Waals surface area contributed by atoms with Crippen molar-refractivity contribution in [3.8, 4) is 5.75 Å². The number of rotatable bonds is 7. The Kier molecular flexibility index (Phi) is 5.46. The maximum atomic E-state index is 13.3. The SMILES string of the molecule is COc1ccc(C(=O)CC2(O)C(=O)N(Cc3ccccc3)c3ccccc32)cc1[N+](=O)[O-]. The molecule has 3 aromatic rings. The van der Waals surface area contributed by atoms with Gasteiger partial charge in [-0.1, -0.05) is 48.5 Å². The van der Waals surface area contributed by atoms with Gasteiger partial charge in [-0.3, -0.25) is 19.7 Å². The van der Waals surface area contributed by atoms with Gasteiger partial charge in [0.1, 0.15) is 0 Å². The van der Waals surface area contributed by atoms with Gasteiger partial charge in [-0.15, -0.1) is 0 Å². The summed E-state index contributed by atoms with van der Waals surface area (Å²) in [6.07, 6.45) is -0.544. The van der Waals surface area contributed by atoms with Crippen molar-refractivity contribution in [2.45, 2.75) is 18.6 Å². The second kappa shape index (κ2) is 8.24. The van der Waals surface area contributed by atoms with Gasteiger partial charge in [0.25, 0.3) is 5.91 Å². The van der Waals surface area contributed by atoms with Gasteiger partial charge in [0, 0.05) is 17.2 Å². The van der Waals surface area contributed by atoms with Crippen LogP contribution >= 0.6 is 0 Å². The zero-order valence-electron chi connectivity index (χ0n) is 17.2. The number of para-hydroxylation sites is 1. The average Bonchev–Trinajstić information content (AvgIpc) is 3.01. The van der Waals surface area contributed by atoms with Gasteiger partial charge >= 0.3 is 5.69 Å². The molecule has 0 spiro atoms. The molecule has 4 rings (SSSR count). The Hall–Kier alpha value is -4.04. The lowest BCUT2D eigenvalue weighted by atomic mass is 9.88. The van der Waals surface area contributed by atoms with Gasteiger partial charge in [-0.05, 0) is 23.8 Å². The molecule has 3 aromatic carbocycles. The summed E-state index contributed by atoms with van der Waals surface area (Å²) in [5, 5.41) is 22.7. The third-order valence-electron chi connectivity index (χ3n) is 5.54. The largest absolute Gasteiger partial charge is 0.490 e. The van der Waals surface area contributed by atoms with E-state index in [0.717, 1.165) is 11.6 Å². The molecule has 0 bridgehead atoms. The summed E-state index contributed by atoms with van der Waals surface area (Å²) in [7, 11) is 1.29. The van der Waals surface area contributed by atoms with E-state index in [4.69, 9.17) is 4.74 Å². The molecule has 0 aliphatic carbocycles.